The molecule has 1 atom stereocenters. The molecule has 0 spiro atoms. The summed E-state index contributed by atoms with van der Waals surface area (Å²) in [7, 11) is 0. The lowest BCUT2D eigenvalue weighted by molar-refractivity contribution is -0.124. The predicted octanol–water partition coefficient (Wildman–Crippen LogP) is 2.47. The van der Waals surface area contributed by atoms with E-state index in [1.165, 1.54) is 6.26 Å². The molecule has 1 aromatic heterocycles. The quantitative estimate of drug-likeness (QED) is 0.860. The zero-order chi connectivity index (χ0) is 15.2. The first-order valence-corrected chi connectivity index (χ1v) is 6.80. The van der Waals surface area contributed by atoms with Gasteiger partial charge in [0.1, 0.15) is 17.6 Å². The highest BCUT2D eigenvalue weighted by Crippen LogP contribution is 2.21. The lowest BCUT2D eigenvalue weighted by Crippen LogP contribution is -2.34. The van der Waals surface area contributed by atoms with Gasteiger partial charge in [-0.15, -0.1) is 0 Å². The predicted molar refractivity (Wildman–Crippen MR) is 78.4 cm³/mol. The van der Waals surface area contributed by atoms with Crippen LogP contribution in [0.1, 0.15) is 17.4 Å². The Morgan fingerprint density at radius 2 is 2.29 bits per heavy atom. The summed E-state index contributed by atoms with van der Waals surface area (Å²) in [6.45, 7) is 1.44. The van der Waals surface area contributed by atoms with Gasteiger partial charge in [0.2, 0.25) is 0 Å². The van der Waals surface area contributed by atoms with Crippen molar-refractivity contribution in [2.45, 2.75) is 13.0 Å². The number of nitrogens with one attached hydrogen (secondary N) is 1. The number of rotatable bonds is 6. The maximum absolute atomic E-state index is 11.8. The van der Waals surface area contributed by atoms with E-state index in [0.29, 0.717) is 16.5 Å². The van der Waals surface area contributed by atoms with E-state index < -0.39 is 6.04 Å². The Morgan fingerprint density at radius 3 is 2.90 bits per heavy atom. The maximum Gasteiger partial charge on any atom is 0.258 e. The number of halogens is 1. The summed E-state index contributed by atoms with van der Waals surface area (Å²) in [5.41, 5.74) is 0.847. The molecule has 1 amide bonds. The summed E-state index contributed by atoms with van der Waals surface area (Å²) in [6, 6.07) is 7.96. The SMILES string of the molecule is Cc1cc(Cl)ccc1OCC(=O)NC(CO)c1ccco1. The van der Waals surface area contributed by atoms with Crippen LogP contribution in [0.4, 0.5) is 0 Å². The molecule has 0 bridgehead atoms. The molecule has 2 aromatic rings. The Kier molecular flexibility index (Phi) is 5.25. The van der Waals surface area contributed by atoms with E-state index in [1.807, 2.05) is 6.92 Å². The Balaban J connectivity index is 1.89. The third kappa shape index (κ3) is 4.24. The van der Waals surface area contributed by atoms with Gasteiger partial charge in [-0.25, -0.2) is 0 Å². The van der Waals surface area contributed by atoms with Crippen molar-refractivity contribution in [2.24, 2.45) is 0 Å². The van der Waals surface area contributed by atoms with Gasteiger partial charge in [0.25, 0.3) is 5.91 Å². The zero-order valence-corrected chi connectivity index (χ0v) is 12.3. The fourth-order valence-corrected chi connectivity index (χ4v) is 2.08. The largest absolute Gasteiger partial charge is 0.484 e. The van der Waals surface area contributed by atoms with Crippen molar-refractivity contribution in [3.8, 4) is 5.75 Å². The molecule has 0 fully saturated rings. The molecule has 0 saturated heterocycles. The van der Waals surface area contributed by atoms with Crippen LogP contribution in [0.2, 0.25) is 5.02 Å². The highest BCUT2D eigenvalue weighted by atomic mass is 35.5. The number of furan rings is 1. The summed E-state index contributed by atoms with van der Waals surface area (Å²) in [6.07, 6.45) is 1.48. The standard InChI is InChI=1S/C15H16ClNO4/c1-10-7-11(16)4-5-13(10)21-9-15(19)17-12(8-18)14-3-2-6-20-14/h2-7,12,18H,8-9H2,1H3,(H,17,19). The second-order valence-corrected chi connectivity index (χ2v) is 4.95. The van der Waals surface area contributed by atoms with E-state index in [-0.39, 0.29) is 19.1 Å². The van der Waals surface area contributed by atoms with E-state index in [0.717, 1.165) is 5.56 Å². The number of benzene rings is 1. The first kappa shape index (κ1) is 15.4. The average Bonchev–Trinajstić information content (AvgIpc) is 2.98. The minimum absolute atomic E-state index is 0.153. The maximum atomic E-state index is 11.8. The number of hydrogen-bond donors (Lipinski definition) is 2. The van der Waals surface area contributed by atoms with Crippen molar-refractivity contribution in [2.75, 3.05) is 13.2 Å². The Hall–Kier alpha value is -1.98. The van der Waals surface area contributed by atoms with Crippen molar-refractivity contribution >= 4 is 17.5 Å². The van der Waals surface area contributed by atoms with Gasteiger partial charge >= 0.3 is 0 Å². The fraction of sp³-hybridized carbons (Fsp3) is 0.267. The van der Waals surface area contributed by atoms with Gasteiger partial charge in [-0.1, -0.05) is 11.6 Å². The Labute approximate surface area is 127 Å². The van der Waals surface area contributed by atoms with E-state index in [1.54, 1.807) is 30.3 Å². The molecule has 5 nitrogen and oxygen atoms in total. The summed E-state index contributed by atoms with van der Waals surface area (Å²) in [5.74, 6) is 0.737. The molecular weight excluding hydrogens is 294 g/mol. The molecule has 0 aliphatic carbocycles. The van der Waals surface area contributed by atoms with Crippen LogP contribution in [0.15, 0.2) is 41.0 Å². The van der Waals surface area contributed by atoms with Crippen LogP contribution in [-0.4, -0.2) is 24.2 Å². The Morgan fingerprint density at radius 1 is 1.48 bits per heavy atom. The smallest absolute Gasteiger partial charge is 0.258 e. The number of amides is 1. The minimum Gasteiger partial charge on any atom is -0.484 e. The normalized spacial score (nSPS) is 12.0. The summed E-state index contributed by atoms with van der Waals surface area (Å²) < 4.78 is 10.6. The van der Waals surface area contributed by atoms with E-state index in [4.69, 9.17) is 20.8 Å². The monoisotopic (exact) mass is 309 g/mol. The number of aliphatic hydroxyl groups excluding tert-OH is 1. The minimum atomic E-state index is -0.581. The molecule has 0 aliphatic heterocycles. The molecule has 6 heteroatoms. The highest BCUT2D eigenvalue weighted by Gasteiger charge is 2.16. The molecule has 2 N–H and O–H groups in total. The second-order valence-electron chi connectivity index (χ2n) is 4.52. The van der Waals surface area contributed by atoms with Gasteiger partial charge < -0.3 is 19.6 Å². The summed E-state index contributed by atoms with van der Waals surface area (Å²) >= 11 is 5.85. The van der Waals surface area contributed by atoms with Gasteiger partial charge in [0.15, 0.2) is 6.61 Å². The van der Waals surface area contributed by atoms with Gasteiger partial charge in [0.05, 0.1) is 12.9 Å². The van der Waals surface area contributed by atoms with E-state index in [9.17, 15) is 9.90 Å². The van der Waals surface area contributed by atoms with Gasteiger partial charge in [0, 0.05) is 5.02 Å². The fourth-order valence-electron chi connectivity index (χ4n) is 1.85. The molecule has 1 heterocycles. The van der Waals surface area contributed by atoms with Gasteiger partial charge in [-0.2, -0.15) is 0 Å². The average molecular weight is 310 g/mol. The van der Waals surface area contributed by atoms with Crippen LogP contribution in [0.3, 0.4) is 0 Å². The molecule has 1 unspecified atom stereocenters. The molecule has 0 radical (unpaired) electrons. The second kappa shape index (κ2) is 7.15. The van der Waals surface area contributed by atoms with Crippen molar-refractivity contribution in [1.29, 1.82) is 0 Å². The van der Waals surface area contributed by atoms with Crippen LogP contribution < -0.4 is 10.1 Å². The van der Waals surface area contributed by atoms with Crippen LogP contribution >= 0.6 is 11.6 Å². The zero-order valence-electron chi connectivity index (χ0n) is 11.5. The Bertz CT molecular complexity index is 598. The molecule has 1 aromatic carbocycles. The van der Waals surface area contributed by atoms with Crippen molar-refractivity contribution in [1.82, 2.24) is 5.32 Å². The van der Waals surface area contributed by atoms with Crippen molar-refractivity contribution < 1.29 is 19.1 Å². The molecule has 112 valence electrons. The van der Waals surface area contributed by atoms with Crippen molar-refractivity contribution in [3.63, 3.8) is 0 Å². The van der Waals surface area contributed by atoms with E-state index in [2.05, 4.69) is 5.32 Å². The van der Waals surface area contributed by atoms with Gasteiger partial charge in [-0.3, -0.25) is 4.79 Å². The molecule has 21 heavy (non-hydrogen) atoms. The summed E-state index contributed by atoms with van der Waals surface area (Å²) in [4.78, 5) is 11.8. The summed E-state index contributed by atoms with van der Waals surface area (Å²) in [5, 5.41) is 12.5. The molecule has 2 rings (SSSR count). The molecule has 0 aliphatic rings. The first-order valence-electron chi connectivity index (χ1n) is 6.42. The number of carbonyl (C=O) groups excluding carboxylic acids is 1. The highest BCUT2D eigenvalue weighted by molar-refractivity contribution is 6.30. The first-order chi connectivity index (χ1) is 10.1. The van der Waals surface area contributed by atoms with Crippen LogP contribution in [0.5, 0.6) is 5.75 Å². The van der Waals surface area contributed by atoms with Gasteiger partial charge in [-0.05, 0) is 42.8 Å². The number of aryl methyl sites for hydroxylation is 1. The molecular formula is C15H16ClNO4. The van der Waals surface area contributed by atoms with Crippen LogP contribution in [-0.2, 0) is 4.79 Å². The number of aliphatic hydroxyl groups is 1. The molecule has 0 saturated carbocycles. The number of ether oxygens (including phenoxy) is 1. The third-order valence-corrected chi connectivity index (χ3v) is 3.14. The van der Waals surface area contributed by atoms with Crippen molar-refractivity contribution in [3.05, 3.63) is 52.9 Å². The third-order valence-electron chi connectivity index (χ3n) is 2.90. The topological polar surface area (TPSA) is 71.7 Å². The van der Waals surface area contributed by atoms with E-state index >= 15 is 0 Å². The number of carbonyl (C=O) groups is 1. The van der Waals surface area contributed by atoms with Crippen LogP contribution in [0.25, 0.3) is 0 Å². The number of hydrogen-bond acceptors (Lipinski definition) is 4. The lowest BCUT2D eigenvalue weighted by atomic mass is 10.2. The van der Waals surface area contributed by atoms with Crippen LogP contribution in [0, 0.1) is 6.92 Å². The lowest BCUT2D eigenvalue weighted by Gasteiger charge is -2.15.